The average molecular weight is 321 g/mol. The molecule has 1 aromatic carbocycles. The number of hydrogen-bond acceptors (Lipinski definition) is 3. The predicted molar refractivity (Wildman–Crippen MR) is 73.3 cm³/mol. The Hall–Kier alpha value is -0.430. The van der Waals surface area contributed by atoms with E-state index in [1.54, 1.807) is 14.1 Å². The average Bonchev–Trinajstić information content (AvgIpc) is 2.29. The molecule has 6 heteroatoms. The molecule has 0 saturated carbocycles. The van der Waals surface area contributed by atoms with Gasteiger partial charge in [-0.1, -0.05) is 34.1 Å². The molecule has 0 aliphatic rings. The fourth-order valence-electron chi connectivity index (χ4n) is 1.35. The Morgan fingerprint density at radius 3 is 2.59 bits per heavy atom. The molecule has 0 unspecified atom stereocenters. The van der Waals surface area contributed by atoms with E-state index in [1.165, 1.54) is 4.31 Å². The zero-order valence-corrected chi connectivity index (χ0v) is 12.4. The maximum absolute atomic E-state index is 11.9. The Kier molecular flexibility index (Phi) is 5.58. The number of benzene rings is 1. The Balaban J connectivity index is 2.72. The fourth-order valence-corrected chi connectivity index (χ4v) is 2.87. The Bertz CT molecular complexity index is 462. The van der Waals surface area contributed by atoms with Crippen LogP contribution in [0.1, 0.15) is 5.56 Å². The summed E-state index contributed by atoms with van der Waals surface area (Å²) in [5.74, 6) is 0.116. The third-order valence-electron chi connectivity index (χ3n) is 2.44. The molecule has 0 radical (unpaired) electrons. The van der Waals surface area contributed by atoms with Crippen molar-refractivity contribution < 1.29 is 8.42 Å². The molecular formula is C11H17BrN2O2S. The lowest BCUT2D eigenvalue weighted by molar-refractivity contribution is 0.465. The van der Waals surface area contributed by atoms with Gasteiger partial charge in [0.15, 0.2) is 0 Å². The maximum atomic E-state index is 11.9. The molecule has 0 amide bonds. The van der Waals surface area contributed by atoms with Crippen LogP contribution < -0.4 is 5.32 Å². The summed E-state index contributed by atoms with van der Waals surface area (Å²) in [4.78, 5) is 0. The first-order chi connectivity index (χ1) is 7.97. The van der Waals surface area contributed by atoms with Crippen LogP contribution in [0.15, 0.2) is 28.7 Å². The molecule has 0 fully saturated rings. The van der Waals surface area contributed by atoms with E-state index < -0.39 is 10.0 Å². The van der Waals surface area contributed by atoms with Crippen molar-refractivity contribution in [1.82, 2.24) is 9.62 Å². The highest BCUT2D eigenvalue weighted by Gasteiger charge is 2.17. The SMILES string of the molecule is CNCCS(=O)(=O)N(C)Cc1ccccc1Br. The van der Waals surface area contributed by atoms with Crippen molar-refractivity contribution in [3.8, 4) is 0 Å². The van der Waals surface area contributed by atoms with Gasteiger partial charge >= 0.3 is 0 Å². The largest absolute Gasteiger partial charge is 0.319 e. The van der Waals surface area contributed by atoms with Crippen molar-refractivity contribution >= 4 is 26.0 Å². The smallest absolute Gasteiger partial charge is 0.215 e. The molecule has 17 heavy (non-hydrogen) atoms. The van der Waals surface area contributed by atoms with E-state index in [1.807, 2.05) is 24.3 Å². The van der Waals surface area contributed by atoms with Crippen LogP contribution in [0, 0.1) is 0 Å². The van der Waals surface area contributed by atoms with E-state index in [2.05, 4.69) is 21.2 Å². The van der Waals surface area contributed by atoms with Crippen LogP contribution in [-0.2, 0) is 16.6 Å². The molecule has 0 bridgehead atoms. The van der Waals surface area contributed by atoms with Crippen molar-refractivity contribution in [3.05, 3.63) is 34.3 Å². The summed E-state index contributed by atoms with van der Waals surface area (Å²) >= 11 is 3.41. The summed E-state index contributed by atoms with van der Waals surface area (Å²) in [6.45, 7) is 0.843. The minimum Gasteiger partial charge on any atom is -0.319 e. The quantitative estimate of drug-likeness (QED) is 0.862. The molecular weight excluding hydrogens is 304 g/mol. The lowest BCUT2D eigenvalue weighted by atomic mass is 10.2. The minimum absolute atomic E-state index is 0.116. The van der Waals surface area contributed by atoms with E-state index in [0.717, 1.165) is 10.0 Å². The Labute approximate surface area is 111 Å². The Morgan fingerprint density at radius 1 is 1.35 bits per heavy atom. The summed E-state index contributed by atoms with van der Waals surface area (Å²) < 4.78 is 26.1. The van der Waals surface area contributed by atoms with Crippen LogP contribution in [0.5, 0.6) is 0 Å². The van der Waals surface area contributed by atoms with Gasteiger partial charge in [0, 0.05) is 24.6 Å². The molecule has 1 N–H and O–H groups in total. The lowest BCUT2D eigenvalue weighted by Crippen LogP contribution is -2.32. The highest BCUT2D eigenvalue weighted by atomic mass is 79.9. The zero-order valence-electron chi connectivity index (χ0n) is 9.98. The van der Waals surface area contributed by atoms with Gasteiger partial charge in [-0.3, -0.25) is 0 Å². The number of halogens is 1. The van der Waals surface area contributed by atoms with Gasteiger partial charge in [-0.25, -0.2) is 12.7 Å². The summed E-state index contributed by atoms with van der Waals surface area (Å²) in [5, 5.41) is 2.84. The zero-order chi connectivity index (χ0) is 12.9. The first-order valence-corrected chi connectivity index (χ1v) is 7.69. The van der Waals surface area contributed by atoms with E-state index >= 15 is 0 Å². The number of nitrogens with zero attached hydrogens (tertiary/aromatic N) is 1. The summed E-state index contributed by atoms with van der Waals surface area (Å²) in [6, 6.07) is 7.62. The van der Waals surface area contributed by atoms with Gasteiger partial charge in [0.1, 0.15) is 0 Å². The van der Waals surface area contributed by atoms with Crippen LogP contribution in [0.3, 0.4) is 0 Å². The van der Waals surface area contributed by atoms with Crippen molar-refractivity contribution in [2.24, 2.45) is 0 Å². The molecule has 1 aromatic rings. The van der Waals surface area contributed by atoms with E-state index in [0.29, 0.717) is 13.1 Å². The third-order valence-corrected chi connectivity index (χ3v) is 5.01. The van der Waals surface area contributed by atoms with Gasteiger partial charge in [0.25, 0.3) is 0 Å². The second-order valence-corrected chi connectivity index (χ2v) is 6.82. The van der Waals surface area contributed by atoms with Crippen LogP contribution >= 0.6 is 15.9 Å². The second-order valence-electron chi connectivity index (χ2n) is 3.77. The molecule has 96 valence electrons. The molecule has 0 aliphatic heterocycles. The van der Waals surface area contributed by atoms with Crippen LogP contribution in [0.4, 0.5) is 0 Å². The normalized spacial score (nSPS) is 12.0. The van der Waals surface area contributed by atoms with Crippen molar-refractivity contribution in [3.63, 3.8) is 0 Å². The van der Waals surface area contributed by atoms with Crippen LogP contribution in [0.25, 0.3) is 0 Å². The Morgan fingerprint density at radius 2 is 2.00 bits per heavy atom. The molecule has 4 nitrogen and oxygen atoms in total. The minimum atomic E-state index is -3.19. The fraction of sp³-hybridized carbons (Fsp3) is 0.455. The van der Waals surface area contributed by atoms with Crippen LogP contribution in [0.2, 0.25) is 0 Å². The van der Waals surface area contributed by atoms with Gasteiger partial charge in [-0.15, -0.1) is 0 Å². The first-order valence-electron chi connectivity index (χ1n) is 5.29. The first kappa shape index (κ1) is 14.6. The highest BCUT2D eigenvalue weighted by molar-refractivity contribution is 9.10. The predicted octanol–water partition coefficient (Wildman–Crippen LogP) is 1.43. The molecule has 0 aromatic heterocycles. The summed E-state index contributed by atoms with van der Waals surface area (Å²) in [7, 11) is 0.154. The standard InChI is InChI=1S/C11H17BrN2O2S/c1-13-7-8-17(15,16)14(2)9-10-5-3-4-6-11(10)12/h3-6,13H,7-9H2,1-2H3. The molecule has 0 aliphatic carbocycles. The summed E-state index contributed by atoms with van der Waals surface area (Å²) in [6.07, 6.45) is 0. The van der Waals surface area contributed by atoms with Crippen molar-refractivity contribution in [2.45, 2.75) is 6.54 Å². The number of nitrogens with one attached hydrogen (secondary N) is 1. The maximum Gasteiger partial charge on any atom is 0.215 e. The van der Waals surface area contributed by atoms with E-state index in [-0.39, 0.29) is 5.75 Å². The van der Waals surface area contributed by atoms with Gasteiger partial charge in [0.05, 0.1) is 5.75 Å². The van der Waals surface area contributed by atoms with E-state index in [4.69, 9.17) is 0 Å². The van der Waals surface area contributed by atoms with Gasteiger partial charge in [-0.2, -0.15) is 0 Å². The van der Waals surface area contributed by atoms with Gasteiger partial charge < -0.3 is 5.32 Å². The van der Waals surface area contributed by atoms with Crippen LogP contribution in [-0.4, -0.2) is 39.1 Å². The summed E-state index contributed by atoms with van der Waals surface area (Å²) in [5.41, 5.74) is 0.961. The number of rotatable bonds is 6. The molecule has 1 rings (SSSR count). The topological polar surface area (TPSA) is 49.4 Å². The van der Waals surface area contributed by atoms with Crippen molar-refractivity contribution in [1.29, 1.82) is 0 Å². The molecule has 0 saturated heterocycles. The lowest BCUT2D eigenvalue weighted by Gasteiger charge is -2.17. The molecule has 0 spiro atoms. The van der Waals surface area contributed by atoms with E-state index in [9.17, 15) is 8.42 Å². The van der Waals surface area contributed by atoms with Crippen molar-refractivity contribution in [2.75, 3.05) is 26.4 Å². The van der Waals surface area contributed by atoms with Gasteiger partial charge in [-0.05, 0) is 18.7 Å². The monoisotopic (exact) mass is 320 g/mol. The highest BCUT2D eigenvalue weighted by Crippen LogP contribution is 2.18. The molecule has 0 atom stereocenters. The molecule has 0 heterocycles. The number of hydrogen-bond donors (Lipinski definition) is 1. The third kappa shape index (κ3) is 4.39. The second kappa shape index (κ2) is 6.49. The number of sulfonamides is 1. The van der Waals surface area contributed by atoms with Gasteiger partial charge in [0.2, 0.25) is 10.0 Å².